The number of carbonyl (C=O) groups is 2. The molecule has 1 heterocycles. The highest BCUT2D eigenvalue weighted by atomic mass is 16.2. The smallest absolute Gasteiger partial charge is 0.251 e. The fraction of sp³-hybridized carbons (Fsp3) is 0.615. The lowest BCUT2D eigenvalue weighted by atomic mass is 9.48. The van der Waals surface area contributed by atoms with Gasteiger partial charge in [-0.05, 0) is 85.8 Å². The molecule has 4 nitrogen and oxygen atoms in total. The first-order valence-electron chi connectivity index (χ1n) is 11.7. The van der Waals surface area contributed by atoms with E-state index in [0.717, 1.165) is 30.4 Å². The third kappa shape index (κ3) is 3.02. The maximum atomic E-state index is 12.6. The fourth-order valence-electron chi connectivity index (χ4n) is 7.68. The molecule has 4 heteroatoms. The SMILES string of the molecule is CC12C=CC(=O)NC1CCC1C2CCC2(C)C(CNC(=O)c3ccccc3)CCC12. The Hall–Kier alpha value is -2.10. The molecule has 0 aromatic heterocycles. The van der Waals surface area contributed by atoms with Crippen LogP contribution in [-0.4, -0.2) is 24.4 Å². The van der Waals surface area contributed by atoms with Crippen molar-refractivity contribution in [3.05, 3.63) is 48.0 Å². The average Bonchev–Trinajstić information content (AvgIpc) is 3.09. The molecule has 0 saturated heterocycles. The predicted molar refractivity (Wildman–Crippen MR) is 118 cm³/mol. The van der Waals surface area contributed by atoms with Gasteiger partial charge in [0, 0.05) is 23.6 Å². The van der Waals surface area contributed by atoms with Gasteiger partial charge >= 0.3 is 0 Å². The summed E-state index contributed by atoms with van der Waals surface area (Å²) < 4.78 is 0. The van der Waals surface area contributed by atoms with Gasteiger partial charge in [0.15, 0.2) is 0 Å². The van der Waals surface area contributed by atoms with E-state index in [-0.39, 0.29) is 17.2 Å². The molecule has 1 aromatic carbocycles. The molecule has 1 aliphatic heterocycles. The second kappa shape index (κ2) is 7.25. The van der Waals surface area contributed by atoms with E-state index in [1.807, 2.05) is 30.3 Å². The van der Waals surface area contributed by atoms with Crippen molar-refractivity contribution in [1.29, 1.82) is 0 Å². The Labute approximate surface area is 179 Å². The van der Waals surface area contributed by atoms with Crippen LogP contribution < -0.4 is 10.6 Å². The minimum Gasteiger partial charge on any atom is -0.352 e. The summed E-state index contributed by atoms with van der Waals surface area (Å²) in [5.74, 6) is 2.81. The molecule has 1 aromatic rings. The van der Waals surface area contributed by atoms with Crippen molar-refractivity contribution in [2.75, 3.05) is 6.54 Å². The van der Waals surface area contributed by atoms with E-state index in [0.29, 0.717) is 23.3 Å². The first-order chi connectivity index (χ1) is 14.4. The number of carbonyl (C=O) groups excluding carboxylic acids is 2. The Morgan fingerprint density at radius 1 is 1.07 bits per heavy atom. The average molecular weight is 407 g/mol. The van der Waals surface area contributed by atoms with Crippen LogP contribution in [0.2, 0.25) is 0 Å². The summed E-state index contributed by atoms with van der Waals surface area (Å²) in [6.45, 7) is 5.65. The van der Waals surface area contributed by atoms with Gasteiger partial charge in [-0.3, -0.25) is 9.59 Å². The van der Waals surface area contributed by atoms with Crippen molar-refractivity contribution in [3.63, 3.8) is 0 Å². The monoisotopic (exact) mass is 406 g/mol. The number of fused-ring (bicyclic) bond motifs is 5. The van der Waals surface area contributed by atoms with Gasteiger partial charge in [0.25, 0.3) is 5.91 Å². The molecule has 2 amide bonds. The molecule has 3 fully saturated rings. The molecule has 3 saturated carbocycles. The highest BCUT2D eigenvalue weighted by Crippen LogP contribution is 2.64. The number of rotatable bonds is 3. The van der Waals surface area contributed by atoms with Gasteiger partial charge in [0.2, 0.25) is 5.91 Å². The van der Waals surface area contributed by atoms with Crippen LogP contribution in [0.3, 0.4) is 0 Å². The molecule has 4 aliphatic rings. The van der Waals surface area contributed by atoms with Crippen LogP contribution >= 0.6 is 0 Å². The molecule has 7 atom stereocenters. The summed E-state index contributed by atoms with van der Waals surface area (Å²) in [5, 5.41) is 6.48. The summed E-state index contributed by atoms with van der Waals surface area (Å²) >= 11 is 0. The summed E-state index contributed by atoms with van der Waals surface area (Å²) in [6, 6.07) is 9.84. The number of amides is 2. The van der Waals surface area contributed by atoms with Gasteiger partial charge in [-0.25, -0.2) is 0 Å². The number of nitrogens with one attached hydrogen (secondary N) is 2. The van der Waals surface area contributed by atoms with Crippen molar-refractivity contribution < 1.29 is 9.59 Å². The zero-order chi connectivity index (χ0) is 20.9. The maximum absolute atomic E-state index is 12.6. The van der Waals surface area contributed by atoms with Crippen LogP contribution in [0.4, 0.5) is 0 Å². The molecule has 0 spiro atoms. The zero-order valence-electron chi connectivity index (χ0n) is 18.2. The van der Waals surface area contributed by atoms with Crippen LogP contribution in [0, 0.1) is 34.5 Å². The Bertz CT molecular complexity index is 865. The first kappa shape index (κ1) is 19.8. The van der Waals surface area contributed by atoms with Gasteiger partial charge in [-0.15, -0.1) is 0 Å². The molecular formula is C26H34N2O2. The lowest BCUT2D eigenvalue weighted by Crippen LogP contribution is -2.59. The Morgan fingerprint density at radius 3 is 2.67 bits per heavy atom. The predicted octanol–water partition coefficient (Wildman–Crippen LogP) is 4.33. The largest absolute Gasteiger partial charge is 0.352 e. The number of benzene rings is 1. The van der Waals surface area contributed by atoms with Crippen molar-refractivity contribution in [3.8, 4) is 0 Å². The minimum atomic E-state index is 0.0486. The Kier molecular flexibility index (Phi) is 4.79. The first-order valence-corrected chi connectivity index (χ1v) is 11.7. The lowest BCUT2D eigenvalue weighted by Gasteiger charge is -2.59. The quantitative estimate of drug-likeness (QED) is 0.785. The van der Waals surface area contributed by atoms with Gasteiger partial charge in [-0.1, -0.05) is 38.1 Å². The van der Waals surface area contributed by atoms with Gasteiger partial charge in [0.1, 0.15) is 0 Å². The third-order valence-electron chi connectivity index (χ3n) is 9.43. The van der Waals surface area contributed by atoms with Gasteiger partial charge in [0.05, 0.1) is 0 Å². The molecule has 7 unspecified atom stereocenters. The highest BCUT2D eigenvalue weighted by Gasteiger charge is 2.59. The van der Waals surface area contributed by atoms with Crippen LogP contribution in [0.5, 0.6) is 0 Å². The number of hydrogen-bond acceptors (Lipinski definition) is 2. The molecule has 0 radical (unpaired) electrons. The minimum absolute atomic E-state index is 0.0486. The molecule has 2 N–H and O–H groups in total. The third-order valence-corrected chi connectivity index (χ3v) is 9.43. The summed E-state index contributed by atoms with van der Waals surface area (Å²) in [7, 11) is 0. The van der Waals surface area contributed by atoms with Gasteiger partial charge in [-0.2, -0.15) is 0 Å². The van der Waals surface area contributed by atoms with E-state index in [2.05, 4.69) is 30.6 Å². The molecule has 0 bridgehead atoms. The topological polar surface area (TPSA) is 58.2 Å². The van der Waals surface area contributed by atoms with E-state index in [9.17, 15) is 9.59 Å². The van der Waals surface area contributed by atoms with E-state index in [4.69, 9.17) is 0 Å². The second-order valence-electron chi connectivity index (χ2n) is 10.6. The van der Waals surface area contributed by atoms with Crippen molar-refractivity contribution >= 4 is 11.8 Å². The van der Waals surface area contributed by atoms with E-state index in [1.165, 1.54) is 32.1 Å². The molecule has 3 aliphatic carbocycles. The van der Waals surface area contributed by atoms with E-state index in [1.54, 1.807) is 6.08 Å². The molecular weight excluding hydrogens is 372 g/mol. The van der Waals surface area contributed by atoms with Gasteiger partial charge < -0.3 is 10.6 Å². The lowest BCUT2D eigenvalue weighted by molar-refractivity contribution is -0.122. The fourth-order valence-corrected chi connectivity index (χ4v) is 7.68. The van der Waals surface area contributed by atoms with Crippen molar-refractivity contribution in [1.82, 2.24) is 10.6 Å². The Balaban J connectivity index is 1.30. The summed E-state index contributed by atoms with van der Waals surface area (Å²) in [4.78, 5) is 24.5. The Morgan fingerprint density at radius 2 is 1.87 bits per heavy atom. The standard InChI is InChI=1S/C26H34N2O2/c1-25-14-12-21-19(9-11-22-26(21,2)15-13-23(29)28-22)20(25)10-8-18(25)16-27-24(30)17-6-4-3-5-7-17/h3-7,13,15,18-22H,8-12,14,16H2,1-2H3,(H,27,30)(H,28,29). The van der Waals surface area contributed by atoms with Crippen LogP contribution in [0.25, 0.3) is 0 Å². The van der Waals surface area contributed by atoms with Crippen LogP contribution in [0.15, 0.2) is 42.5 Å². The summed E-state index contributed by atoms with van der Waals surface area (Å²) in [6.07, 6.45) is 11.3. The van der Waals surface area contributed by atoms with E-state index < -0.39 is 0 Å². The van der Waals surface area contributed by atoms with Crippen LogP contribution in [-0.2, 0) is 4.79 Å². The molecule has 30 heavy (non-hydrogen) atoms. The molecule has 160 valence electrons. The highest BCUT2D eigenvalue weighted by molar-refractivity contribution is 5.94. The van der Waals surface area contributed by atoms with E-state index >= 15 is 0 Å². The second-order valence-corrected chi connectivity index (χ2v) is 10.6. The van der Waals surface area contributed by atoms with Crippen molar-refractivity contribution in [2.45, 2.75) is 58.4 Å². The van der Waals surface area contributed by atoms with Crippen LogP contribution in [0.1, 0.15) is 62.7 Å². The molecule has 5 rings (SSSR count). The maximum Gasteiger partial charge on any atom is 0.251 e. The normalized spacial score (nSPS) is 41.9. The zero-order valence-corrected chi connectivity index (χ0v) is 18.2. The number of hydrogen-bond donors (Lipinski definition) is 2. The summed E-state index contributed by atoms with van der Waals surface area (Å²) in [5.41, 5.74) is 1.16. The van der Waals surface area contributed by atoms with Crippen molar-refractivity contribution in [2.24, 2.45) is 34.5 Å².